The molecule has 16 nitrogen and oxygen atoms in total. The Labute approximate surface area is 349 Å². The minimum absolute atomic E-state index is 0.0386. The lowest BCUT2D eigenvalue weighted by Gasteiger charge is -2.32. The summed E-state index contributed by atoms with van der Waals surface area (Å²) in [4.78, 5) is 66.0. The van der Waals surface area contributed by atoms with Gasteiger partial charge in [-0.15, -0.1) is 0 Å². The van der Waals surface area contributed by atoms with E-state index >= 15 is 0 Å². The number of rotatable bonds is 10. The first kappa shape index (κ1) is 42.7. The average molecular weight is 847 g/mol. The van der Waals surface area contributed by atoms with Gasteiger partial charge in [-0.1, -0.05) is 26.0 Å². The summed E-state index contributed by atoms with van der Waals surface area (Å²) in [7, 11) is -2.47. The molecular formula is C43H54N6O10S. The van der Waals surface area contributed by atoms with Gasteiger partial charge in [-0.2, -0.15) is 0 Å². The second-order valence-electron chi connectivity index (χ2n) is 17.3. The van der Waals surface area contributed by atoms with E-state index in [1.54, 1.807) is 38.4 Å². The Morgan fingerprint density at radius 1 is 1.08 bits per heavy atom. The fourth-order valence-corrected chi connectivity index (χ4v) is 9.61. The molecule has 0 bridgehead atoms. The van der Waals surface area contributed by atoms with E-state index in [1.807, 2.05) is 58.0 Å². The van der Waals surface area contributed by atoms with E-state index in [9.17, 15) is 32.7 Å². The van der Waals surface area contributed by atoms with Crippen LogP contribution in [0.25, 0.3) is 22.0 Å². The quantitative estimate of drug-likeness (QED) is 0.199. The largest absolute Gasteiger partial charge is 0.497 e. The lowest BCUT2D eigenvalue weighted by atomic mass is 9.88. The van der Waals surface area contributed by atoms with E-state index in [0.717, 1.165) is 11.8 Å². The fraction of sp³-hybridized carbons (Fsp3) is 0.535. The average Bonchev–Trinajstić information content (AvgIpc) is 4.08. The Kier molecular flexibility index (Phi) is 11.8. The minimum Gasteiger partial charge on any atom is -0.497 e. The first-order chi connectivity index (χ1) is 28.4. The predicted molar refractivity (Wildman–Crippen MR) is 222 cm³/mol. The molecule has 1 aromatic carbocycles. The van der Waals surface area contributed by atoms with Crippen molar-refractivity contribution in [2.75, 3.05) is 13.7 Å². The standard InChI is InChI=1S/C43H54N6O10S/c1-24(2)58-35-14-11-27(22-44-35)33-19-28-18-30(57-6)12-13-32(28)38(45-33)59-31-20-34-37(50)47-43(40(52)48-60(55,56)42(5)15-16-42)21-29(43)10-8-7-9-25(3)17-26(4)36(46-41(53)54)39(51)49(34)23-31/h8,10-14,18-19,22,24-26,29,31,34,36,46H,7,9,15-17,20-21,23H2,1-6H3,(H,47,50)(H,48,52)(H,53,54)/b10-8-/t25-,26-,29-,31-,34+,36+,43-/m1/s1. The van der Waals surface area contributed by atoms with Crippen LogP contribution in [0.3, 0.4) is 0 Å². The number of carboxylic acid groups (broad SMARTS) is 1. The number of ether oxygens (including phenoxy) is 3. The zero-order valence-corrected chi connectivity index (χ0v) is 35.6. The van der Waals surface area contributed by atoms with Crippen molar-refractivity contribution >= 4 is 44.6 Å². The highest BCUT2D eigenvalue weighted by Crippen LogP contribution is 2.48. The lowest BCUT2D eigenvalue weighted by Crippen LogP contribution is -2.59. The highest BCUT2D eigenvalue weighted by molar-refractivity contribution is 7.91. The lowest BCUT2D eigenvalue weighted by molar-refractivity contribution is -0.142. The molecule has 3 aromatic rings. The summed E-state index contributed by atoms with van der Waals surface area (Å²) < 4.78 is 45.5. The van der Waals surface area contributed by atoms with Crippen molar-refractivity contribution in [2.45, 2.75) is 114 Å². The SMILES string of the molecule is COc1ccc2c(O[C@@H]3C[C@H]4C(=O)N[C@]5(C(=O)NS(=O)(=O)C6(C)CC6)C[C@H]5/C=C\CC[C@@H](C)C[C@@H](C)[C@H](NC(=O)O)C(=O)N4C3)nc(-c3ccc(OC(C)C)nc3)cc2c1. The molecular weight excluding hydrogens is 793 g/mol. The Morgan fingerprint density at radius 2 is 1.85 bits per heavy atom. The van der Waals surface area contributed by atoms with Crippen LogP contribution < -0.4 is 29.6 Å². The molecule has 3 fully saturated rings. The molecule has 4 N–H and O–H groups in total. The van der Waals surface area contributed by atoms with Gasteiger partial charge in [0.25, 0.3) is 5.91 Å². The van der Waals surface area contributed by atoms with Gasteiger partial charge < -0.3 is 34.9 Å². The van der Waals surface area contributed by atoms with Crippen molar-refractivity contribution in [1.82, 2.24) is 30.2 Å². The maximum atomic E-state index is 14.6. The summed E-state index contributed by atoms with van der Waals surface area (Å²) in [6, 6.07) is 8.46. The highest BCUT2D eigenvalue weighted by atomic mass is 32.2. The number of fused-ring (bicyclic) bond motifs is 3. The number of allylic oxidation sites excluding steroid dienone is 1. The third kappa shape index (κ3) is 8.86. The van der Waals surface area contributed by atoms with Crippen molar-refractivity contribution in [2.24, 2.45) is 17.8 Å². The van der Waals surface area contributed by atoms with Gasteiger partial charge in [0.05, 0.1) is 30.2 Å². The van der Waals surface area contributed by atoms with Crippen LogP contribution in [0.5, 0.6) is 17.5 Å². The van der Waals surface area contributed by atoms with Gasteiger partial charge in [0.15, 0.2) is 0 Å². The summed E-state index contributed by atoms with van der Waals surface area (Å²) >= 11 is 0. The molecule has 7 atom stereocenters. The molecule has 1 saturated heterocycles. The normalized spacial score (nSPS) is 28.3. The maximum absolute atomic E-state index is 14.6. The number of nitrogens with one attached hydrogen (secondary N) is 3. The number of nitrogens with zero attached hydrogens (tertiary/aromatic N) is 3. The minimum atomic E-state index is -4.03. The zero-order valence-electron chi connectivity index (χ0n) is 34.8. The Hall–Kier alpha value is -5.45. The van der Waals surface area contributed by atoms with E-state index < -0.39 is 74.1 Å². The topological polar surface area (TPSA) is 215 Å². The predicted octanol–water partition coefficient (Wildman–Crippen LogP) is 4.96. The van der Waals surface area contributed by atoms with Crippen LogP contribution in [0.15, 0.2) is 54.7 Å². The smallest absolute Gasteiger partial charge is 0.405 e. The number of methoxy groups -OCH3 is 1. The number of hydrogen-bond acceptors (Lipinski definition) is 11. The molecule has 2 aliphatic heterocycles. The van der Waals surface area contributed by atoms with Crippen molar-refractivity contribution < 1.29 is 46.9 Å². The van der Waals surface area contributed by atoms with Gasteiger partial charge in [-0.25, -0.2) is 23.2 Å². The molecule has 4 amide bonds. The van der Waals surface area contributed by atoms with Crippen LogP contribution >= 0.6 is 0 Å². The number of carbonyl (C=O) groups excluding carboxylic acids is 3. The Morgan fingerprint density at radius 3 is 2.52 bits per heavy atom. The van der Waals surface area contributed by atoms with Crippen LogP contribution in [0, 0.1) is 17.8 Å². The summed E-state index contributed by atoms with van der Waals surface area (Å²) in [5.74, 6) is -1.69. The molecule has 2 saturated carbocycles. The van der Waals surface area contributed by atoms with Crippen molar-refractivity contribution in [3.8, 4) is 28.8 Å². The molecule has 4 aliphatic rings. The third-order valence-corrected chi connectivity index (χ3v) is 14.4. The van der Waals surface area contributed by atoms with Crippen LogP contribution in [-0.2, 0) is 24.4 Å². The molecule has 0 radical (unpaired) electrons. The van der Waals surface area contributed by atoms with Crippen LogP contribution in [0.2, 0.25) is 0 Å². The first-order valence-electron chi connectivity index (χ1n) is 20.6. The molecule has 2 aromatic heterocycles. The van der Waals surface area contributed by atoms with Gasteiger partial charge in [0, 0.05) is 35.6 Å². The van der Waals surface area contributed by atoms with Gasteiger partial charge in [0.2, 0.25) is 33.6 Å². The fourth-order valence-electron chi connectivity index (χ4n) is 8.30. The number of sulfonamides is 1. The van der Waals surface area contributed by atoms with E-state index in [2.05, 4.69) is 20.3 Å². The van der Waals surface area contributed by atoms with Gasteiger partial charge in [-0.3, -0.25) is 19.1 Å². The summed E-state index contributed by atoms with van der Waals surface area (Å²) in [6.07, 6.45) is 5.99. The van der Waals surface area contributed by atoms with Crippen molar-refractivity contribution in [3.63, 3.8) is 0 Å². The molecule has 4 heterocycles. The monoisotopic (exact) mass is 846 g/mol. The molecule has 2 aliphatic carbocycles. The number of aromatic nitrogens is 2. The van der Waals surface area contributed by atoms with E-state index in [1.165, 1.54) is 4.90 Å². The third-order valence-electron chi connectivity index (χ3n) is 12.2. The van der Waals surface area contributed by atoms with Crippen molar-refractivity contribution in [1.29, 1.82) is 0 Å². The number of amides is 4. The number of benzene rings is 1. The highest BCUT2D eigenvalue weighted by Gasteiger charge is 2.63. The molecule has 322 valence electrons. The Balaban J connectivity index is 1.24. The second kappa shape index (κ2) is 16.5. The van der Waals surface area contributed by atoms with E-state index in [4.69, 9.17) is 19.2 Å². The van der Waals surface area contributed by atoms with Gasteiger partial charge in [-0.05, 0) is 107 Å². The maximum Gasteiger partial charge on any atom is 0.405 e. The molecule has 60 heavy (non-hydrogen) atoms. The second-order valence-corrected chi connectivity index (χ2v) is 19.5. The summed E-state index contributed by atoms with van der Waals surface area (Å²) in [5.41, 5.74) is -0.373. The molecule has 17 heteroatoms. The van der Waals surface area contributed by atoms with E-state index in [0.29, 0.717) is 54.0 Å². The van der Waals surface area contributed by atoms with Gasteiger partial charge in [0.1, 0.15) is 29.5 Å². The first-order valence-corrected chi connectivity index (χ1v) is 22.0. The van der Waals surface area contributed by atoms with Crippen LogP contribution in [0.4, 0.5) is 4.79 Å². The molecule has 7 rings (SSSR count). The van der Waals surface area contributed by atoms with Crippen LogP contribution in [0.1, 0.15) is 79.6 Å². The van der Waals surface area contributed by atoms with Crippen molar-refractivity contribution in [3.05, 3.63) is 54.7 Å². The number of carbonyl (C=O) groups is 4. The van der Waals surface area contributed by atoms with Gasteiger partial charge >= 0.3 is 6.09 Å². The van der Waals surface area contributed by atoms with Crippen LogP contribution in [-0.4, -0.2) is 100 Å². The molecule has 0 spiro atoms. The summed E-state index contributed by atoms with van der Waals surface area (Å²) in [5, 5.41) is 16.6. The van der Waals surface area contributed by atoms with E-state index in [-0.39, 0.29) is 37.3 Å². The zero-order chi connectivity index (χ0) is 43.1. The molecule has 0 unspecified atom stereocenters. The summed E-state index contributed by atoms with van der Waals surface area (Å²) in [6.45, 7) is 9.12. The Bertz CT molecular complexity index is 2300. The number of hydrogen-bond donors (Lipinski definition) is 4. The number of pyridine rings is 2.